The van der Waals surface area contributed by atoms with E-state index in [0.717, 1.165) is 4.90 Å². The molecule has 1 saturated heterocycles. The zero-order chi connectivity index (χ0) is 26.7. The fourth-order valence-corrected chi connectivity index (χ4v) is 4.04. The van der Waals surface area contributed by atoms with Crippen molar-refractivity contribution in [3.8, 4) is 11.5 Å². The number of ether oxygens (including phenoxy) is 2. The van der Waals surface area contributed by atoms with Gasteiger partial charge in [0.15, 0.2) is 11.5 Å². The van der Waals surface area contributed by atoms with Crippen LogP contribution >= 0.6 is 34.8 Å². The third-order valence-corrected chi connectivity index (χ3v) is 5.92. The Morgan fingerprint density at radius 2 is 1.62 bits per heavy atom. The van der Waals surface area contributed by atoms with Gasteiger partial charge in [0.05, 0.1) is 22.9 Å². The van der Waals surface area contributed by atoms with E-state index in [9.17, 15) is 19.2 Å². The minimum Gasteiger partial charge on any atom is -0.490 e. The van der Waals surface area contributed by atoms with E-state index in [-0.39, 0.29) is 40.0 Å². The molecule has 0 radical (unpaired) electrons. The molecule has 11 heteroatoms. The summed E-state index contributed by atoms with van der Waals surface area (Å²) in [6, 6.07) is 13.9. The molecule has 1 N–H and O–H groups in total. The average Bonchev–Trinajstić information content (AvgIpc) is 2.84. The maximum absolute atomic E-state index is 13.1. The topological polar surface area (TPSA) is 102 Å². The zero-order valence-corrected chi connectivity index (χ0v) is 21.4. The molecule has 3 aromatic carbocycles. The molecule has 0 unspecified atom stereocenters. The van der Waals surface area contributed by atoms with Crippen LogP contribution in [0, 0.1) is 0 Å². The third kappa shape index (κ3) is 5.77. The normalized spacial score (nSPS) is 14.5. The van der Waals surface area contributed by atoms with Crippen LogP contribution in [0.1, 0.15) is 22.8 Å². The first-order valence-electron chi connectivity index (χ1n) is 10.8. The van der Waals surface area contributed by atoms with Crippen LogP contribution in [0.15, 0.2) is 66.2 Å². The maximum atomic E-state index is 13.1. The van der Waals surface area contributed by atoms with Crippen LogP contribution in [-0.2, 0) is 9.59 Å². The van der Waals surface area contributed by atoms with Crippen LogP contribution in [-0.4, -0.2) is 30.4 Å². The molecule has 0 spiro atoms. The lowest BCUT2D eigenvalue weighted by Crippen LogP contribution is -2.54. The largest absolute Gasteiger partial charge is 0.490 e. The number of nitrogens with zero attached hydrogens (tertiary/aromatic N) is 1. The number of esters is 1. The molecule has 1 aliphatic heterocycles. The van der Waals surface area contributed by atoms with Crippen molar-refractivity contribution in [2.45, 2.75) is 6.92 Å². The van der Waals surface area contributed by atoms with Crippen LogP contribution in [0.4, 0.5) is 10.5 Å². The summed E-state index contributed by atoms with van der Waals surface area (Å²) in [6.07, 6.45) is 1.30. The molecule has 8 nitrogen and oxygen atoms in total. The Bertz CT molecular complexity index is 1450. The second kappa shape index (κ2) is 11.0. The van der Waals surface area contributed by atoms with E-state index in [1.807, 2.05) is 0 Å². The molecule has 0 aromatic heterocycles. The number of amides is 4. The van der Waals surface area contributed by atoms with Crippen molar-refractivity contribution in [2.75, 3.05) is 11.5 Å². The average molecular weight is 560 g/mol. The summed E-state index contributed by atoms with van der Waals surface area (Å²) in [6.45, 7) is 1.98. The van der Waals surface area contributed by atoms with E-state index in [1.165, 1.54) is 66.7 Å². The second-order valence-electron chi connectivity index (χ2n) is 7.59. The molecule has 4 rings (SSSR count). The standard InChI is InChI=1S/C26H17Cl3N2O6/c1-2-36-22-12-14(3-10-21(22)37-25(34)18-9-6-16(28)13-20(18)29)11-19-23(32)30-26(35)31(24(19)33)17-7-4-15(27)5-8-17/h3-13H,2H2,1H3,(H,30,32,35)/b19-11+. The van der Waals surface area contributed by atoms with Crippen molar-refractivity contribution in [1.29, 1.82) is 0 Å². The number of nitrogens with one attached hydrogen (secondary N) is 1. The van der Waals surface area contributed by atoms with Gasteiger partial charge in [0.1, 0.15) is 5.57 Å². The first-order valence-corrected chi connectivity index (χ1v) is 11.9. The van der Waals surface area contributed by atoms with E-state index >= 15 is 0 Å². The van der Waals surface area contributed by atoms with Gasteiger partial charge in [-0.1, -0.05) is 40.9 Å². The molecule has 1 aliphatic rings. The predicted octanol–water partition coefficient (Wildman–Crippen LogP) is 5.93. The number of anilines is 1. The van der Waals surface area contributed by atoms with Gasteiger partial charge in [0.25, 0.3) is 11.8 Å². The highest BCUT2D eigenvalue weighted by atomic mass is 35.5. The summed E-state index contributed by atoms with van der Waals surface area (Å²) in [5, 5.41) is 3.06. The number of halogens is 3. The molecule has 0 atom stereocenters. The van der Waals surface area contributed by atoms with Gasteiger partial charge in [-0.2, -0.15) is 0 Å². The first-order chi connectivity index (χ1) is 17.7. The van der Waals surface area contributed by atoms with Crippen molar-refractivity contribution >= 4 is 70.4 Å². The van der Waals surface area contributed by atoms with Crippen LogP contribution in [0.5, 0.6) is 11.5 Å². The van der Waals surface area contributed by atoms with Crippen LogP contribution in [0.3, 0.4) is 0 Å². The summed E-state index contributed by atoms with van der Waals surface area (Å²) in [5.41, 5.74) is 0.450. The number of urea groups is 1. The highest BCUT2D eigenvalue weighted by molar-refractivity contribution is 6.39. The number of hydrogen-bond acceptors (Lipinski definition) is 6. The minimum absolute atomic E-state index is 0.0948. The van der Waals surface area contributed by atoms with E-state index in [0.29, 0.717) is 15.6 Å². The fraction of sp³-hybridized carbons (Fsp3) is 0.0769. The third-order valence-electron chi connectivity index (χ3n) is 5.12. The smallest absolute Gasteiger partial charge is 0.345 e. The number of carbonyl (C=O) groups is 4. The molecular formula is C26H17Cl3N2O6. The van der Waals surface area contributed by atoms with Crippen molar-refractivity contribution in [1.82, 2.24) is 5.32 Å². The predicted molar refractivity (Wildman–Crippen MR) is 139 cm³/mol. The lowest BCUT2D eigenvalue weighted by molar-refractivity contribution is -0.122. The summed E-state index contributed by atoms with van der Waals surface area (Å²) in [7, 11) is 0. The van der Waals surface area contributed by atoms with Crippen LogP contribution in [0.2, 0.25) is 15.1 Å². The summed E-state index contributed by atoms with van der Waals surface area (Å²) >= 11 is 17.9. The van der Waals surface area contributed by atoms with Gasteiger partial charge in [-0.3, -0.25) is 14.9 Å². The Morgan fingerprint density at radius 1 is 0.919 bits per heavy atom. The summed E-state index contributed by atoms with van der Waals surface area (Å²) < 4.78 is 11.1. The number of rotatable bonds is 6. The summed E-state index contributed by atoms with van der Waals surface area (Å²) in [4.78, 5) is 51.4. The lowest BCUT2D eigenvalue weighted by atomic mass is 10.1. The van der Waals surface area contributed by atoms with Gasteiger partial charge >= 0.3 is 12.0 Å². The van der Waals surface area contributed by atoms with Crippen molar-refractivity contribution < 1.29 is 28.7 Å². The molecule has 4 amide bonds. The molecular weight excluding hydrogens is 543 g/mol. The highest BCUT2D eigenvalue weighted by Gasteiger charge is 2.36. The quantitative estimate of drug-likeness (QED) is 0.174. The Kier molecular flexibility index (Phi) is 7.83. The van der Waals surface area contributed by atoms with Gasteiger partial charge in [0.2, 0.25) is 0 Å². The number of imide groups is 2. The molecule has 0 aliphatic carbocycles. The number of hydrogen-bond donors (Lipinski definition) is 1. The molecule has 0 bridgehead atoms. The Morgan fingerprint density at radius 3 is 2.30 bits per heavy atom. The maximum Gasteiger partial charge on any atom is 0.345 e. The highest BCUT2D eigenvalue weighted by Crippen LogP contribution is 2.32. The van der Waals surface area contributed by atoms with E-state index in [4.69, 9.17) is 44.3 Å². The molecule has 1 heterocycles. The molecule has 0 saturated carbocycles. The van der Waals surface area contributed by atoms with Gasteiger partial charge in [-0.25, -0.2) is 14.5 Å². The van der Waals surface area contributed by atoms with Gasteiger partial charge < -0.3 is 9.47 Å². The van der Waals surface area contributed by atoms with Gasteiger partial charge in [-0.15, -0.1) is 0 Å². The Labute approximate surface area is 226 Å². The van der Waals surface area contributed by atoms with Gasteiger partial charge in [0, 0.05) is 10.0 Å². The molecule has 37 heavy (non-hydrogen) atoms. The number of benzene rings is 3. The monoisotopic (exact) mass is 558 g/mol. The molecule has 188 valence electrons. The van der Waals surface area contributed by atoms with Crippen molar-refractivity contribution in [3.63, 3.8) is 0 Å². The summed E-state index contributed by atoms with van der Waals surface area (Å²) in [5.74, 6) is -2.12. The van der Waals surface area contributed by atoms with Crippen molar-refractivity contribution in [3.05, 3.63) is 92.4 Å². The Balaban J connectivity index is 1.64. The number of barbiturate groups is 1. The number of carbonyl (C=O) groups excluding carboxylic acids is 4. The minimum atomic E-state index is -0.882. The Hall–Kier alpha value is -3.85. The molecule has 1 fully saturated rings. The fourth-order valence-electron chi connectivity index (χ4n) is 3.43. The van der Waals surface area contributed by atoms with Crippen LogP contribution < -0.4 is 19.7 Å². The van der Waals surface area contributed by atoms with Crippen molar-refractivity contribution in [2.24, 2.45) is 0 Å². The SMILES string of the molecule is CCOc1cc(/C=C2\C(=O)NC(=O)N(c3ccc(Cl)cc3)C2=O)ccc1OC(=O)c1ccc(Cl)cc1Cl. The second-order valence-corrected chi connectivity index (χ2v) is 8.87. The van der Waals surface area contributed by atoms with E-state index in [1.54, 1.807) is 6.92 Å². The zero-order valence-electron chi connectivity index (χ0n) is 19.1. The van der Waals surface area contributed by atoms with Crippen LogP contribution in [0.25, 0.3) is 6.08 Å². The van der Waals surface area contributed by atoms with Gasteiger partial charge in [-0.05, 0) is 73.2 Å². The first kappa shape index (κ1) is 26.2. The lowest BCUT2D eigenvalue weighted by Gasteiger charge is -2.26. The van der Waals surface area contributed by atoms with E-state index in [2.05, 4.69) is 5.32 Å². The molecule has 3 aromatic rings. The van der Waals surface area contributed by atoms with E-state index < -0.39 is 23.8 Å².